The van der Waals surface area contributed by atoms with Gasteiger partial charge in [0.2, 0.25) is 0 Å². The summed E-state index contributed by atoms with van der Waals surface area (Å²) in [4.78, 5) is 38.1. The predicted octanol–water partition coefficient (Wildman–Crippen LogP) is 19.5. The first-order chi connectivity index (χ1) is 32.5. The average molecular weight is 930 g/mol. The summed E-state index contributed by atoms with van der Waals surface area (Å²) in [5.41, 5.74) is 0. The van der Waals surface area contributed by atoms with E-state index in [-0.39, 0.29) is 31.1 Å². The third-order valence-electron chi connectivity index (χ3n) is 13.2. The van der Waals surface area contributed by atoms with Crippen molar-refractivity contribution >= 4 is 17.9 Å². The first kappa shape index (κ1) is 63.9. The van der Waals surface area contributed by atoms with Crippen molar-refractivity contribution in [1.82, 2.24) is 0 Å². The number of carbonyl (C=O) groups excluding carboxylic acids is 3. The van der Waals surface area contributed by atoms with Crippen LogP contribution in [0.25, 0.3) is 0 Å². The fraction of sp³-hybridized carbons (Fsp3) is 0.883. The molecule has 0 aliphatic rings. The van der Waals surface area contributed by atoms with Gasteiger partial charge >= 0.3 is 17.9 Å². The van der Waals surface area contributed by atoms with Crippen molar-refractivity contribution in [2.45, 2.75) is 329 Å². The van der Waals surface area contributed by atoms with E-state index in [1.54, 1.807) is 0 Å². The molecule has 0 saturated heterocycles. The lowest BCUT2D eigenvalue weighted by atomic mass is 10.0. The summed E-state index contributed by atoms with van der Waals surface area (Å²) in [6, 6.07) is 0. The molecule has 0 amide bonds. The van der Waals surface area contributed by atoms with E-state index in [1.807, 2.05) is 0 Å². The minimum atomic E-state index is -0.773. The van der Waals surface area contributed by atoms with Crippen LogP contribution in [0.2, 0.25) is 0 Å². The van der Waals surface area contributed by atoms with Gasteiger partial charge in [0.25, 0.3) is 0 Å². The van der Waals surface area contributed by atoms with Crippen molar-refractivity contribution in [3.05, 3.63) is 24.3 Å². The molecule has 6 nitrogen and oxygen atoms in total. The molecule has 1 unspecified atom stereocenters. The SMILES string of the molecule is CCCCCCCC/C=C\CCCCCCCCCC(=O)OC(COC(=O)CCCCCCC/C=C\CCCCCCCCCCC)COC(=O)CCCCCCCCCCCCCCC. The first-order valence-electron chi connectivity index (χ1n) is 29.3. The van der Waals surface area contributed by atoms with Crippen LogP contribution in [0.15, 0.2) is 24.3 Å². The van der Waals surface area contributed by atoms with Gasteiger partial charge in [-0.05, 0) is 70.6 Å². The Morgan fingerprint density at radius 3 is 0.758 bits per heavy atom. The second-order valence-electron chi connectivity index (χ2n) is 19.9. The summed E-state index contributed by atoms with van der Waals surface area (Å²) in [5, 5.41) is 0. The average Bonchev–Trinajstić information content (AvgIpc) is 3.31. The first-order valence-corrected chi connectivity index (χ1v) is 29.3. The van der Waals surface area contributed by atoms with E-state index in [4.69, 9.17) is 14.2 Å². The Morgan fingerprint density at radius 1 is 0.288 bits per heavy atom. The number of hydrogen-bond acceptors (Lipinski definition) is 6. The molecule has 0 N–H and O–H groups in total. The van der Waals surface area contributed by atoms with Gasteiger partial charge in [-0.15, -0.1) is 0 Å². The number of hydrogen-bond donors (Lipinski definition) is 0. The third kappa shape index (κ3) is 52.9. The minimum Gasteiger partial charge on any atom is -0.462 e. The number of rotatable bonds is 54. The molecule has 0 aromatic heterocycles. The van der Waals surface area contributed by atoms with Gasteiger partial charge in [-0.1, -0.05) is 257 Å². The maximum absolute atomic E-state index is 12.9. The molecule has 6 heteroatoms. The van der Waals surface area contributed by atoms with E-state index in [0.717, 1.165) is 64.2 Å². The maximum Gasteiger partial charge on any atom is 0.306 e. The van der Waals surface area contributed by atoms with Gasteiger partial charge in [0.1, 0.15) is 13.2 Å². The third-order valence-corrected chi connectivity index (χ3v) is 13.2. The zero-order chi connectivity index (χ0) is 47.9. The molecule has 0 heterocycles. The summed E-state index contributed by atoms with van der Waals surface area (Å²) in [5.74, 6) is -0.864. The fourth-order valence-electron chi connectivity index (χ4n) is 8.73. The highest BCUT2D eigenvalue weighted by atomic mass is 16.6. The van der Waals surface area contributed by atoms with Gasteiger partial charge in [-0.2, -0.15) is 0 Å². The molecule has 0 radical (unpaired) electrons. The Labute approximate surface area is 411 Å². The quantitative estimate of drug-likeness (QED) is 0.0262. The van der Waals surface area contributed by atoms with Gasteiger partial charge in [0.05, 0.1) is 0 Å². The molecule has 0 aliphatic carbocycles. The van der Waals surface area contributed by atoms with E-state index in [1.165, 1.54) is 218 Å². The molecule has 0 bridgehead atoms. The lowest BCUT2D eigenvalue weighted by Gasteiger charge is -2.18. The molecule has 1 atom stereocenters. The van der Waals surface area contributed by atoms with Crippen LogP contribution in [0, 0.1) is 0 Å². The van der Waals surface area contributed by atoms with Gasteiger partial charge in [-0.25, -0.2) is 0 Å². The van der Waals surface area contributed by atoms with E-state index in [0.29, 0.717) is 19.3 Å². The molecule has 0 rings (SSSR count). The van der Waals surface area contributed by atoms with Crippen molar-refractivity contribution in [2.24, 2.45) is 0 Å². The van der Waals surface area contributed by atoms with Gasteiger partial charge in [0, 0.05) is 19.3 Å². The highest BCUT2D eigenvalue weighted by Gasteiger charge is 2.19. The molecule has 0 aliphatic heterocycles. The summed E-state index contributed by atoms with van der Waals surface area (Å²) in [6.07, 6.45) is 64.5. The van der Waals surface area contributed by atoms with Crippen LogP contribution in [0.1, 0.15) is 323 Å². The van der Waals surface area contributed by atoms with Crippen molar-refractivity contribution in [1.29, 1.82) is 0 Å². The molecule has 0 aromatic carbocycles. The fourth-order valence-corrected chi connectivity index (χ4v) is 8.73. The van der Waals surface area contributed by atoms with Crippen molar-refractivity contribution < 1.29 is 28.6 Å². The monoisotopic (exact) mass is 929 g/mol. The lowest BCUT2D eigenvalue weighted by Crippen LogP contribution is -2.30. The van der Waals surface area contributed by atoms with E-state index in [2.05, 4.69) is 45.1 Å². The largest absolute Gasteiger partial charge is 0.462 e. The molecule has 0 fully saturated rings. The summed E-state index contributed by atoms with van der Waals surface area (Å²) in [7, 11) is 0. The summed E-state index contributed by atoms with van der Waals surface area (Å²) >= 11 is 0. The molecular formula is C60H112O6. The maximum atomic E-state index is 12.9. The zero-order valence-electron chi connectivity index (χ0n) is 44.5. The zero-order valence-corrected chi connectivity index (χ0v) is 44.5. The number of carbonyl (C=O) groups is 3. The van der Waals surface area contributed by atoms with Crippen molar-refractivity contribution in [2.75, 3.05) is 13.2 Å². The van der Waals surface area contributed by atoms with Crippen molar-refractivity contribution in [3.8, 4) is 0 Å². The molecule has 0 spiro atoms. The molecular weight excluding hydrogens is 817 g/mol. The van der Waals surface area contributed by atoms with E-state index in [9.17, 15) is 14.4 Å². The van der Waals surface area contributed by atoms with Gasteiger partial charge in [-0.3, -0.25) is 14.4 Å². The Hall–Kier alpha value is -2.11. The Bertz CT molecular complexity index is 1070. The normalized spacial score (nSPS) is 12.1. The number of allylic oxidation sites excluding steroid dienone is 4. The van der Waals surface area contributed by atoms with Gasteiger partial charge in [0.15, 0.2) is 6.10 Å². The van der Waals surface area contributed by atoms with Crippen LogP contribution in [0.5, 0.6) is 0 Å². The molecule has 388 valence electrons. The van der Waals surface area contributed by atoms with Crippen LogP contribution >= 0.6 is 0 Å². The van der Waals surface area contributed by atoms with E-state index >= 15 is 0 Å². The van der Waals surface area contributed by atoms with Crippen LogP contribution in [-0.2, 0) is 28.6 Å². The second-order valence-corrected chi connectivity index (χ2v) is 19.9. The Kier molecular flexibility index (Phi) is 53.7. The number of esters is 3. The molecule has 0 aromatic rings. The van der Waals surface area contributed by atoms with E-state index < -0.39 is 6.10 Å². The smallest absolute Gasteiger partial charge is 0.306 e. The van der Waals surface area contributed by atoms with Crippen LogP contribution in [0.4, 0.5) is 0 Å². The number of unbranched alkanes of at least 4 members (excludes halogenated alkanes) is 39. The predicted molar refractivity (Wildman–Crippen MR) is 284 cm³/mol. The number of ether oxygens (including phenoxy) is 3. The Morgan fingerprint density at radius 2 is 0.500 bits per heavy atom. The standard InChI is InChI=1S/C60H112O6/c1-4-7-10-13-16-19-22-25-27-29-31-32-35-38-41-44-47-50-53-59(62)65-56-57(55-64-58(61)52-49-46-43-40-37-34-24-21-18-15-12-9-6-3)66-60(63)54-51-48-45-42-39-36-33-30-28-26-23-20-17-14-11-8-5-2/h26,28,31-32,57H,4-25,27,29-30,33-56H2,1-3H3/b28-26-,32-31-. The highest BCUT2D eigenvalue weighted by molar-refractivity contribution is 5.71. The van der Waals surface area contributed by atoms with Gasteiger partial charge < -0.3 is 14.2 Å². The second kappa shape index (κ2) is 55.5. The lowest BCUT2D eigenvalue weighted by molar-refractivity contribution is -0.167. The summed E-state index contributed by atoms with van der Waals surface area (Å²) < 4.78 is 16.9. The van der Waals surface area contributed by atoms with Crippen LogP contribution in [0.3, 0.4) is 0 Å². The van der Waals surface area contributed by atoms with Crippen LogP contribution < -0.4 is 0 Å². The van der Waals surface area contributed by atoms with Crippen LogP contribution in [-0.4, -0.2) is 37.2 Å². The molecule has 66 heavy (non-hydrogen) atoms. The summed E-state index contributed by atoms with van der Waals surface area (Å²) in [6.45, 7) is 6.67. The highest BCUT2D eigenvalue weighted by Crippen LogP contribution is 2.16. The minimum absolute atomic E-state index is 0.0713. The Balaban J connectivity index is 4.34. The molecule has 0 saturated carbocycles. The van der Waals surface area contributed by atoms with Crippen molar-refractivity contribution in [3.63, 3.8) is 0 Å². The topological polar surface area (TPSA) is 78.9 Å².